The van der Waals surface area contributed by atoms with Crippen LogP contribution in [-0.4, -0.2) is 30.7 Å². The molecule has 0 aliphatic rings. The molecule has 0 heterocycles. The lowest BCUT2D eigenvalue weighted by Gasteiger charge is -2.20. The second kappa shape index (κ2) is 7.01. The highest BCUT2D eigenvalue weighted by Crippen LogP contribution is 2.28. The van der Waals surface area contributed by atoms with Crippen molar-refractivity contribution < 1.29 is 13.3 Å². The number of nitro benzene ring substituents is 1. The molecule has 1 aromatic rings. The van der Waals surface area contributed by atoms with Crippen molar-refractivity contribution in [2.45, 2.75) is 31.6 Å². The summed E-state index contributed by atoms with van der Waals surface area (Å²) in [5.74, 6) is 0. The number of halogens is 1. The minimum absolute atomic E-state index is 0.00875. The molecule has 0 atom stereocenters. The zero-order valence-electron chi connectivity index (χ0n) is 11.4. The maximum atomic E-state index is 12.5. The summed E-state index contributed by atoms with van der Waals surface area (Å²) in [4.78, 5) is 9.90. The van der Waals surface area contributed by atoms with E-state index >= 15 is 0 Å². The van der Waals surface area contributed by atoms with E-state index in [0.717, 1.165) is 18.9 Å². The van der Waals surface area contributed by atoms with Gasteiger partial charge in [0.1, 0.15) is 4.90 Å². The number of hydrogen-bond acceptors (Lipinski definition) is 4. The molecule has 6 nitrogen and oxygen atoms in total. The average Bonchev–Trinajstić information content (AvgIpc) is 2.39. The number of non-ortho nitro benzene ring substituents is 1. The van der Waals surface area contributed by atoms with Crippen LogP contribution in [0.2, 0.25) is 5.02 Å². The van der Waals surface area contributed by atoms with Crippen molar-refractivity contribution in [1.29, 1.82) is 0 Å². The van der Waals surface area contributed by atoms with Crippen LogP contribution in [0.15, 0.2) is 23.1 Å². The van der Waals surface area contributed by atoms with E-state index in [1.165, 1.54) is 16.4 Å². The summed E-state index contributed by atoms with van der Waals surface area (Å²) in [6.07, 6.45) is 1.58. The molecule has 0 N–H and O–H groups in total. The number of nitrogens with zero attached hydrogens (tertiary/aromatic N) is 2. The van der Waals surface area contributed by atoms with Crippen LogP contribution < -0.4 is 0 Å². The Balaban J connectivity index is 3.26. The summed E-state index contributed by atoms with van der Waals surface area (Å²) in [5.41, 5.74) is -0.292. The SMILES string of the molecule is CCCCN(CC)S(=O)(=O)c1cc([N+](=O)[O-])ccc1Cl. The predicted octanol–water partition coefficient (Wildman–Crippen LogP) is 3.06. The van der Waals surface area contributed by atoms with Crippen molar-refractivity contribution in [3.05, 3.63) is 33.3 Å². The monoisotopic (exact) mass is 320 g/mol. The molecule has 0 aliphatic heterocycles. The molecular weight excluding hydrogens is 304 g/mol. The zero-order valence-corrected chi connectivity index (χ0v) is 12.9. The minimum atomic E-state index is -3.81. The van der Waals surface area contributed by atoms with E-state index in [9.17, 15) is 18.5 Å². The van der Waals surface area contributed by atoms with E-state index in [1.807, 2.05) is 6.92 Å². The van der Waals surface area contributed by atoms with Crippen molar-refractivity contribution in [3.63, 3.8) is 0 Å². The topological polar surface area (TPSA) is 80.5 Å². The fourth-order valence-electron chi connectivity index (χ4n) is 1.73. The summed E-state index contributed by atoms with van der Waals surface area (Å²) in [6, 6.07) is 3.43. The molecule has 0 saturated heterocycles. The van der Waals surface area contributed by atoms with Gasteiger partial charge in [-0.2, -0.15) is 4.31 Å². The van der Waals surface area contributed by atoms with Gasteiger partial charge in [0.15, 0.2) is 0 Å². The first-order chi connectivity index (χ1) is 9.34. The van der Waals surface area contributed by atoms with Crippen LogP contribution in [0.3, 0.4) is 0 Å². The fourth-order valence-corrected chi connectivity index (χ4v) is 3.71. The number of benzene rings is 1. The molecule has 112 valence electrons. The van der Waals surface area contributed by atoms with Crippen molar-refractivity contribution >= 4 is 27.3 Å². The number of unbranched alkanes of at least 4 members (excludes halogenated alkanes) is 1. The summed E-state index contributed by atoms with van der Waals surface area (Å²) in [5, 5.41) is 10.7. The van der Waals surface area contributed by atoms with Gasteiger partial charge in [-0.05, 0) is 12.5 Å². The Bertz CT molecular complexity index is 589. The van der Waals surface area contributed by atoms with Gasteiger partial charge in [-0.3, -0.25) is 10.1 Å². The quantitative estimate of drug-likeness (QED) is 0.571. The molecule has 1 rings (SSSR count). The molecule has 0 aromatic heterocycles. The van der Waals surface area contributed by atoms with Crippen LogP contribution in [0.1, 0.15) is 26.7 Å². The summed E-state index contributed by atoms with van der Waals surface area (Å²) in [6.45, 7) is 4.34. The molecule has 8 heteroatoms. The van der Waals surface area contributed by atoms with Gasteiger partial charge in [0.25, 0.3) is 5.69 Å². The van der Waals surface area contributed by atoms with E-state index in [0.29, 0.717) is 13.1 Å². The lowest BCUT2D eigenvalue weighted by molar-refractivity contribution is -0.385. The zero-order chi connectivity index (χ0) is 15.3. The van der Waals surface area contributed by atoms with Crippen LogP contribution in [0.25, 0.3) is 0 Å². The molecule has 0 amide bonds. The lowest BCUT2D eigenvalue weighted by atomic mass is 10.3. The highest BCUT2D eigenvalue weighted by molar-refractivity contribution is 7.89. The molecule has 0 saturated carbocycles. The molecule has 0 spiro atoms. The highest BCUT2D eigenvalue weighted by atomic mass is 35.5. The van der Waals surface area contributed by atoms with E-state index in [2.05, 4.69) is 0 Å². The van der Waals surface area contributed by atoms with Crippen LogP contribution >= 0.6 is 11.6 Å². The first-order valence-electron chi connectivity index (χ1n) is 6.28. The Morgan fingerprint density at radius 2 is 2.00 bits per heavy atom. The lowest BCUT2D eigenvalue weighted by Crippen LogP contribution is -2.32. The number of hydrogen-bond donors (Lipinski definition) is 0. The van der Waals surface area contributed by atoms with Crippen molar-refractivity contribution in [2.24, 2.45) is 0 Å². The Hall–Kier alpha value is -1.18. The fraction of sp³-hybridized carbons (Fsp3) is 0.500. The summed E-state index contributed by atoms with van der Waals surface area (Å²) >= 11 is 5.89. The first-order valence-corrected chi connectivity index (χ1v) is 8.10. The normalized spacial score (nSPS) is 11.8. The molecular formula is C12H17ClN2O4S. The Kier molecular flexibility index (Phi) is 5.91. The smallest absolute Gasteiger partial charge is 0.258 e. The van der Waals surface area contributed by atoms with Gasteiger partial charge in [-0.1, -0.05) is 31.9 Å². The third-order valence-electron chi connectivity index (χ3n) is 2.86. The average molecular weight is 321 g/mol. The maximum absolute atomic E-state index is 12.5. The summed E-state index contributed by atoms with van der Waals surface area (Å²) < 4.78 is 26.2. The van der Waals surface area contributed by atoms with Gasteiger partial charge in [0.05, 0.1) is 9.95 Å². The van der Waals surface area contributed by atoms with Gasteiger partial charge in [-0.15, -0.1) is 0 Å². The molecule has 0 bridgehead atoms. The highest BCUT2D eigenvalue weighted by Gasteiger charge is 2.27. The second-order valence-electron chi connectivity index (χ2n) is 4.22. The molecule has 0 radical (unpaired) electrons. The maximum Gasteiger partial charge on any atom is 0.270 e. The molecule has 20 heavy (non-hydrogen) atoms. The van der Waals surface area contributed by atoms with Crippen molar-refractivity contribution in [3.8, 4) is 0 Å². The second-order valence-corrected chi connectivity index (χ2v) is 6.54. The molecule has 0 fully saturated rings. The Labute approximate surface area is 123 Å². The largest absolute Gasteiger partial charge is 0.270 e. The molecule has 0 aliphatic carbocycles. The van der Waals surface area contributed by atoms with E-state index in [4.69, 9.17) is 11.6 Å². The third kappa shape index (κ3) is 3.68. The van der Waals surface area contributed by atoms with Crippen LogP contribution in [0.5, 0.6) is 0 Å². The standard InChI is InChI=1S/C12H17ClN2O4S/c1-3-5-8-14(4-2)20(18,19)12-9-10(15(16)17)6-7-11(12)13/h6-7,9H,3-5,8H2,1-2H3. The van der Waals surface area contributed by atoms with E-state index in [-0.39, 0.29) is 15.6 Å². The van der Waals surface area contributed by atoms with Crippen LogP contribution in [0.4, 0.5) is 5.69 Å². The van der Waals surface area contributed by atoms with Crippen LogP contribution in [-0.2, 0) is 10.0 Å². The molecule has 0 unspecified atom stereocenters. The van der Waals surface area contributed by atoms with Gasteiger partial charge < -0.3 is 0 Å². The van der Waals surface area contributed by atoms with Crippen LogP contribution in [0, 0.1) is 10.1 Å². The van der Waals surface area contributed by atoms with Gasteiger partial charge in [0.2, 0.25) is 10.0 Å². The van der Waals surface area contributed by atoms with Crippen molar-refractivity contribution in [1.82, 2.24) is 4.31 Å². The van der Waals surface area contributed by atoms with Crippen molar-refractivity contribution in [2.75, 3.05) is 13.1 Å². The third-order valence-corrected chi connectivity index (χ3v) is 5.31. The Morgan fingerprint density at radius 1 is 1.35 bits per heavy atom. The number of sulfonamides is 1. The number of rotatable bonds is 7. The predicted molar refractivity (Wildman–Crippen MR) is 77.4 cm³/mol. The van der Waals surface area contributed by atoms with E-state index in [1.54, 1.807) is 6.92 Å². The minimum Gasteiger partial charge on any atom is -0.258 e. The van der Waals surface area contributed by atoms with Gasteiger partial charge in [-0.25, -0.2) is 8.42 Å². The van der Waals surface area contributed by atoms with Gasteiger partial charge in [0, 0.05) is 25.2 Å². The van der Waals surface area contributed by atoms with Gasteiger partial charge >= 0.3 is 0 Å². The molecule has 1 aromatic carbocycles. The first kappa shape index (κ1) is 16.9. The Morgan fingerprint density at radius 3 is 2.50 bits per heavy atom. The van der Waals surface area contributed by atoms with E-state index < -0.39 is 14.9 Å². The summed E-state index contributed by atoms with van der Waals surface area (Å²) in [7, 11) is -3.81. The number of nitro groups is 1.